The van der Waals surface area contributed by atoms with Crippen molar-refractivity contribution in [3.8, 4) is 5.75 Å². The number of benzene rings is 1. The van der Waals surface area contributed by atoms with Gasteiger partial charge in [-0.1, -0.05) is 0 Å². The van der Waals surface area contributed by atoms with Crippen molar-refractivity contribution in [3.63, 3.8) is 0 Å². The van der Waals surface area contributed by atoms with Gasteiger partial charge in [0.1, 0.15) is 11.5 Å². The summed E-state index contributed by atoms with van der Waals surface area (Å²) in [5.74, 6) is 2.02. The van der Waals surface area contributed by atoms with Crippen LogP contribution in [0.1, 0.15) is 16.1 Å². The average Bonchev–Trinajstić information content (AvgIpc) is 2.81. The Morgan fingerprint density at radius 2 is 2.21 bits per heavy atom. The lowest BCUT2D eigenvalue weighted by atomic mass is 10.1. The molecule has 0 aliphatic rings. The highest BCUT2D eigenvalue weighted by molar-refractivity contribution is 9.10. The molecule has 19 heavy (non-hydrogen) atoms. The molecular formula is C14H13BrO3S. The predicted molar refractivity (Wildman–Crippen MR) is 79.2 cm³/mol. The van der Waals surface area contributed by atoms with Gasteiger partial charge in [0.05, 0.1) is 23.6 Å². The SMILES string of the molecule is COc1ccc(C(=O)CSc2ccoc2C)cc1Br. The van der Waals surface area contributed by atoms with Crippen molar-refractivity contribution < 1.29 is 13.9 Å². The zero-order chi connectivity index (χ0) is 13.8. The third kappa shape index (κ3) is 3.42. The maximum absolute atomic E-state index is 12.1. The van der Waals surface area contributed by atoms with E-state index in [1.54, 1.807) is 31.6 Å². The molecule has 0 aliphatic heterocycles. The van der Waals surface area contributed by atoms with Crippen LogP contribution in [0, 0.1) is 6.92 Å². The quantitative estimate of drug-likeness (QED) is 0.599. The summed E-state index contributed by atoms with van der Waals surface area (Å²) in [5, 5.41) is 0. The predicted octanol–water partition coefficient (Wildman–Crippen LogP) is 4.33. The molecule has 0 unspecified atom stereocenters. The maximum Gasteiger partial charge on any atom is 0.173 e. The van der Waals surface area contributed by atoms with Crippen LogP contribution in [0.2, 0.25) is 0 Å². The maximum atomic E-state index is 12.1. The van der Waals surface area contributed by atoms with E-state index in [2.05, 4.69) is 15.9 Å². The smallest absolute Gasteiger partial charge is 0.173 e. The van der Waals surface area contributed by atoms with Crippen LogP contribution in [-0.2, 0) is 0 Å². The number of aryl methyl sites for hydroxylation is 1. The minimum atomic E-state index is 0.0777. The van der Waals surface area contributed by atoms with Gasteiger partial charge in [0.25, 0.3) is 0 Å². The number of rotatable bonds is 5. The first-order chi connectivity index (χ1) is 9.11. The third-order valence-electron chi connectivity index (χ3n) is 2.64. The number of hydrogen-bond donors (Lipinski definition) is 0. The molecule has 0 fully saturated rings. The topological polar surface area (TPSA) is 39.4 Å². The van der Waals surface area contributed by atoms with Crippen LogP contribution in [0.25, 0.3) is 0 Å². The number of halogens is 1. The second kappa shape index (κ2) is 6.30. The molecule has 2 aromatic rings. The number of Topliss-reactive ketones (excluding diaryl/α,β-unsaturated/α-hetero) is 1. The molecule has 0 N–H and O–H groups in total. The first-order valence-electron chi connectivity index (χ1n) is 5.65. The lowest BCUT2D eigenvalue weighted by Crippen LogP contribution is -2.02. The lowest BCUT2D eigenvalue weighted by Gasteiger charge is -2.05. The highest BCUT2D eigenvalue weighted by Crippen LogP contribution is 2.27. The van der Waals surface area contributed by atoms with Crippen LogP contribution in [0.5, 0.6) is 5.75 Å². The van der Waals surface area contributed by atoms with E-state index in [-0.39, 0.29) is 5.78 Å². The van der Waals surface area contributed by atoms with Crippen LogP contribution in [0.3, 0.4) is 0 Å². The second-order valence-electron chi connectivity index (χ2n) is 3.90. The van der Waals surface area contributed by atoms with Crippen molar-refractivity contribution in [2.45, 2.75) is 11.8 Å². The Kier molecular flexibility index (Phi) is 4.71. The molecule has 0 saturated heterocycles. The van der Waals surface area contributed by atoms with Gasteiger partial charge in [-0.15, -0.1) is 11.8 Å². The molecular weight excluding hydrogens is 328 g/mol. The second-order valence-corrected chi connectivity index (χ2v) is 5.77. The molecule has 1 aromatic heterocycles. The fourth-order valence-corrected chi connectivity index (χ4v) is 2.99. The lowest BCUT2D eigenvalue weighted by molar-refractivity contribution is 0.102. The van der Waals surface area contributed by atoms with Crippen LogP contribution in [0.15, 0.2) is 44.3 Å². The Hall–Kier alpha value is -1.20. The van der Waals surface area contributed by atoms with Gasteiger partial charge in [-0.25, -0.2) is 0 Å². The first kappa shape index (κ1) is 14.2. The van der Waals surface area contributed by atoms with Gasteiger partial charge >= 0.3 is 0 Å². The van der Waals surface area contributed by atoms with Crippen molar-refractivity contribution in [1.29, 1.82) is 0 Å². The van der Waals surface area contributed by atoms with Crippen LogP contribution in [0.4, 0.5) is 0 Å². The molecule has 0 saturated carbocycles. The number of hydrogen-bond acceptors (Lipinski definition) is 4. The zero-order valence-electron chi connectivity index (χ0n) is 10.6. The van der Waals surface area contributed by atoms with Crippen molar-refractivity contribution in [3.05, 3.63) is 46.3 Å². The number of furan rings is 1. The van der Waals surface area contributed by atoms with Crippen molar-refractivity contribution in [1.82, 2.24) is 0 Å². The molecule has 5 heteroatoms. The molecule has 3 nitrogen and oxygen atoms in total. The van der Waals surface area contributed by atoms with Crippen LogP contribution in [-0.4, -0.2) is 18.6 Å². The van der Waals surface area contributed by atoms with E-state index in [9.17, 15) is 4.79 Å². The van der Waals surface area contributed by atoms with E-state index >= 15 is 0 Å². The Morgan fingerprint density at radius 3 is 2.79 bits per heavy atom. The molecule has 1 heterocycles. The number of ketones is 1. The standard InChI is InChI=1S/C14H13BrO3S/c1-9-14(5-6-18-9)19-8-12(16)10-3-4-13(17-2)11(15)7-10/h3-7H,8H2,1-2H3. The van der Waals surface area contributed by atoms with E-state index in [1.807, 2.05) is 13.0 Å². The summed E-state index contributed by atoms with van der Waals surface area (Å²) in [5.41, 5.74) is 0.668. The van der Waals surface area contributed by atoms with Gasteiger partial charge in [0.2, 0.25) is 0 Å². The van der Waals surface area contributed by atoms with Crippen molar-refractivity contribution >= 4 is 33.5 Å². The van der Waals surface area contributed by atoms with Gasteiger partial charge in [-0.2, -0.15) is 0 Å². The van der Waals surface area contributed by atoms with Gasteiger partial charge in [-0.3, -0.25) is 4.79 Å². The molecule has 0 radical (unpaired) electrons. The van der Waals surface area contributed by atoms with E-state index in [4.69, 9.17) is 9.15 Å². The fraction of sp³-hybridized carbons (Fsp3) is 0.214. The number of carbonyl (C=O) groups excluding carboxylic acids is 1. The molecule has 0 bridgehead atoms. The van der Waals surface area contributed by atoms with E-state index < -0.39 is 0 Å². The molecule has 2 rings (SSSR count). The number of ether oxygens (including phenoxy) is 1. The number of methoxy groups -OCH3 is 1. The average molecular weight is 341 g/mol. The van der Waals surface area contributed by atoms with Crippen LogP contribution < -0.4 is 4.74 Å². The largest absolute Gasteiger partial charge is 0.496 e. The molecule has 0 spiro atoms. The fourth-order valence-electron chi connectivity index (χ4n) is 1.59. The normalized spacial score (nSPS) is 10.5. The first-order valence-corrected chi connectivity index (χ1v) is 7.43. The molecule has 0 atom stereocenters. The monoisotopic (exact) mass is 340 g/mol. The minimum absolute atomic E-state index is 0.0777. The van der Waals surface area contributed by atoms with E-state index in [0.29, 0.717) is 11.3 Å². The molecule has 1 aromatic carbocycles. The van der Waals surface area contributed by atoms with Crippen molar-refractivity contribution in [2.24, 2.45) is 0 Å². The number of thioether (sulfide) groups is 1. The van der Waals surface area contributed by atoms with Crippen LogP contribution >= 0.6 is 27.7 Å². The summed E-state index contributed by atoms with van der Waals surface area (Å²) < 4.78 is 11.1. The summed E-state index contributed by atoms with van der Waals surface area (Å²) in [4.78, 5) is 13.1. The summed E-state index contributed by atoms with van der Waals surface area (Å²) in [6.07, 6.45) is 1.63. The molecule has 100 valence electrons. The van der Waals surface area contributed by atoms with E-state index in [1.165, 1.54) is 11.8 Å². The highest BCUT2D eigenvalue weighted by Gasteiger charge is 2.11. The van der Waals surface area contributed by atoms with Crippen molar-refractivity contribution in [2.75, 3.05) is 12.9 Å². The number of carbonyl (C=O) groups is 1. The summed E-state index contributed by atoms with van der Waals surface area (Å²) in [7, 11) is 1.60. The Labute approximate surface area is 124 Å². The Morgan fingerprint density at radius 1 is 1.42 bits per heavy atom. The van der Waals surface area contributed by atoms with Gasteiger partial charge < -0.3 is 9.15 Å². The summed E-state index contributed by atoms with van der Waals surface area (Å²) in [6.45, 7) is 1.89. The zero-order valence-corrected chi connectivity index (χ0v) is 13.0. The van der Waals surface area contributed by atoms with E-state index in [0.717, 1.165) is 20.9 Å². The molecule has 0 aliphatic carbocycles. The highest BCUT2D eigenvalue weighted by atomic mass is 79.9. The molecule has 0 amide bonds. The van der Waals surface area contributed by atoms with Gasteiger partial charge in [0.15, 0.2) is 5.78 Å². The minimum Gasteiger partial charge on any atom is -0.496 e. The summed E-state index contributed by atoms with van der Waals surface area (Å²) >= 11 is 4.86. The third-order valence-corrected chi connectivity index (χ3v) is 4.40. The Bertz CT molecular complexity index is 592. The summed E-state index contributed by atoms with van der Waals surface area (Å²) in [6, 6.07) is 7.21. The Balaban J connectivity index is 2.04. The van der Waals surface area contributed by atoms with Gasteiger partial charge in [-0.05, 0) is 47.1 Å². The van der Waals surface area contributed by atoms with Gasteiger partial charge in [0, 0.05) is 10.5 Å².